The molecule has 0 unspecified atom stereocenters. The molecule has 1 aromatic carbocycles. The number of benzene rings is 1. The first-order valence-electron chi connectivity index (χ1n) is 8.09. The molecular weight excluding hydrogens is 350 g/mol. The first-order chi connectivity index (χ1) is 12.5. The van der Waals surface area contributed by atoms with Crippen molar-refractivity contribution in [3.63, 3.8) is 0 Å². The van der Waals surface area contributed by atoms with Gasteiger partial charge in [0, 0.05) is 46.2 Å². The van der Waals surface area contributed by atoms with Crippen LogP contribution in [0.3, 0.4) is 0 Å². The predicted molar refractivity (Wildman–Crippen MR) is 103 cm³/mol. The third kappa shape index (κ3) is 3.11. The van der Waals surface area contributed by atoms with E-state index in [1.165, 1.54) is 11.1 Å². The summed E-state index contributed by atoms with van der Waals surface area (Å²) in [5.41, 5.74) is 9.42. The van der Waals surface area contributed by atoms with Gasteiger partial charge in [-0.25, -0.2) is 4.98 Å². The summed E-state index contributed by atoms with van der Waals surface area (Å²) in [4.78, 5) is 22.7. The minimum Gasteiger partial charge on any atom is -0.404 e. The molecule has 0 radical (unpaired) electrons. The number of hydrogen-bond acceptors (Lipinski definition) is 5. The third-order valence-corrected chi connectivity index (χ3v) is 4.44. The van der Waals surface area contributed by atoms with E-state index in [2.05, 4.69) is 9.97 Å². The van der Waals surface area contributed by atoms with E-state index < -0.39 is 0 Å². The van der Waals surface area contributed by atoms with Crippen molar-refractivity contribution in [1.82, 2.24) is 14.9 Å². The van der Waals surface area contributed by atoms with Gasteiger partial charge in [-0.05, 0) is 26.0 Å². The summed E-state index contributed by atoms with van der Waals surface area (Å²) < 4.78 is 0. The van der Waals surface area contributed by atoms with Gasteiger partial charge in [0.2, 0.25) is 0 Å². The zero-order chi connectivity index (χ0) is 18.8. The van der Waals surface area contributed by atoms with Gasteiger partial charge in [-0.2, -0.15) is 0 Å². The molecule has 3 rings (SSSR count). The van der Waals surface area contributed by atoms with Gasteiger partial charge in [-0.3, -0.25) is 20.1 Å². The van der Waals surface area contributed by atoms with Gasteiger partial charge < -0.3 is 5.73 Å². The number of rotatable bonds is 3. The van der Waals surface area contributed by atoms with Crippen LogP contribution in [0.1, 0.15) is 18.2 Å². The lowest BCUT2D eigenvalue weighted by Crippen LogP contribution is -2.40. The van der Waals surface area contributed by atoms with E-state index in [4.69, 9.17) is 22.7 Å². The zero-order valence-corrected chi connectivity index (χ0v) is 15.2. The normalized spacial score (nSPS) is 16.2. The van der Waals surface area contributed by atoms with E-state index in [1.807, 2.05) is 19.9 Å². The second-order valence-corrected chi connectivity index (χ2v) is 6.23. The number of nitrogens with zero attached hydrogens (tertiary/aromatic N) is 3. The van der Waals surface area contributed by atoms with Crippen molar-refractivity contribution < 1.29 is 4.79 Å². The first-order valence-corrected chi connectivity index (χ1v) is 8.47. The molecule has 0 atom stereocenters. The van der Waals surface area contributed by atoms with Crippen LogP contribution in [0.4, 0.5) is 0 Å². The average molecular weight is 368 g/mol. The van der Waals surface area contributed by atoms with Crippen LogP contribution in [0.5, 0.6) is 0 Å². The Balaban J connectivity index is 2.07. The Morgan fingerprint density at radius 1 is 1.35 bits per heavy atom. The van der Waals surface area contributed by atoms with Crippen LogP contribution >= 0.6 is 11.6 Å². The van der Waals surface area contributed by atoms with Crippen LogP contribution in [-0.4, -0.2) is 33.2 Å². The molecule has 1 aromatic heterocycles. The summed E-state index contributed by atoms with van der Waals surface area (Å²) in [7, 11) is 0. The number of carbonyl (C=O) groups excluding carboxylic acids is 1. The molecule has 0 bridgehead atoms. The van der Waals surface area contributed by atoms with Crippen molar-refractivity contribution in [2.75, 3.05) is 6.54 Å². The number of aryl methyl sites for hydroxylation is 1. The highest BCUT2D eigenvalue weighted by molar-refractivity contribution is 6.37. The Morgan fingerprint density at radius 2 is 2.12 bits per heavy atom. The molecule has 0 aliphatic carbocycles. The van der Waals surface area contributed by atoms with Gasteiger partial charge in [-0.15, -0.1) is 0 Å². The molecule has 26 heavy (non-hydrogen) atoms. The van der Waals surface area contributed by atoms with E-state index >= 15 is 0 Å². The smallest absolute Gasteiger partial charge is 0.260 e. The fourth-order valence-corrected chi connectivity index (χ4v) is 3.09. The van der Waals surface area contributed by atoms with E-state index in [-0.39, 0.29) is 11.7 Å². The van der Waals surface area contributed by atoms with Crippen molar-refractivity contribution in [2.45, 2.75) is 13.8 Å². The Morgan fingerprint density at radius 3 is 2.73 bits per heavy atom. The van der Waals surface area contributed by atoms with Crippen LogP contribution in [0.15, 0.2) is 48.4 Å². The highest BCUT2D eigenvalue weighted by atomic mass is 35.5. The van der Waals surface area contributed by atoms with Crippen LogP contribution in [0.25, 0.3) is 16.8 Å². The van der Waals surface area contributed by atoms with Crippen molar-refractivity contribution in [3.05, 3.63) is 64.7 Å². The van der Waals surface area contributed by atoms with Crippen molar-refractivity contribution >= 4 is 28.9 Å². The molecule has 6 nitrogen and oxygen atoms in total. The number of nitrogens with two attached hydrogens (primary N) is 1. The highest BCUT2D eigenvalue weighted by Crippen LogP contribution is 2.33. The molecule has 2 aromatic rings. The Kier molecular flexibility index (Phi) is 4.86. The van der Waals surface area contributed by atoms with Gasteiger partial charge in [0.05, 0.1) is 17.6 Å². The number of amides is 1. The van der Waals surface area contributed by atoms with E-state index in [1.54, 1.807) is 30.6 Å². The molecule has 0 fully saturated rings. The van der Waals surface area contributed by atoms with Gasteiger partial charge in [-0.1, -0.05) is 23.7 Å². The summed E-state index contributed by atoms with van der Waals surface area (Å²) in [5, 5.41) is 8.49. The highest BCUT2D eigenvalue weighted by Gasteiger charge is 2.29. The summed E-state index contributed by atoms with van der Waals surface area (Å²) >= 11 is 6.47. The Hall–Kier alpha value is -2.99. The molecule has 132 valence electrons. The minimum atomic E-state index is -0.270. The van der Waals surface area contributed by atoms with Crippen molar-refractivity contribution in [3.8, 4) is 11.3 Å². The molecule has 0 spiro atoms. The first kappa shape index (κ1) is 17.8. The number of likely N-dealkylation sites (N-methyl/N-ethyl adjacent to an activating group) is 1. The van der Waals surface area contributed by atoms with Crippen LogP contribution < -0.4 is 5.73 Å². The summed E-state index contributed by atoms with van der Waals surface area (Å²) in [6.45, 7) is 4.05. The lowest BCUT2D eigenvalue weighted by atomic mass is 9.96. The number of halogens is 1. The molecule has 0 saturated heterocycles. The molecule has 1 amide bonds. The standard InChI is InChI=1S/C19H18ClN5O/c1-3-25-18(22)13(8-21)6-15(19(25)26)14-5-4-12(7-16(14)20)17-10-23-9-11(2)24-17/h4-10,22H,3,21H2,1-2H3/b13-8-,22-18?. The maximum Gasteiger partial charge on any atom is 0.260 e. The van der Waals surface area contributed by atoms with Crippen LogP contribution in [0.2, 0.25) is 5.02 Å². The topological polar surface area (TPSA) is 96.0 Å². The van der Waals surface area contributed by atoms with Gasteiger partial charge >= 0.3 is 0 Å². The van der Waals surface area contributed by atoms with Crippen LogP contribution in [-0.2, 0) is 4.79 Å². The predicted octanol–water partition coefficient (Wildman–Crippen LogP) is 3.17. The zero-order valence-electron chi connectivity index (χ0n) is 14.5. The number of nitrogens with one attached hydrogen (secondary N) is 1. The van der Waals surface area contributed by atoms with Gasteiger partial charge in [0.25, 0.3) is 5.91 Å². The SMILES string of the molecule is CCN1C(=N)/C(=C\N)C=C(c2ccc(-c3cncc(C)n3)cc2Cl)C1=O. The molecule has 1 aliphatic rings. The molecular formula is C19H18ClN5O. The monoisotopic (exact) mass is 367 g/mol. The number of amidine groups is 1. The van der Waals surface area contributed by atoms with Gasteiger partial charge in [0.1, 0.15) is 5.84 Å². The van der Waals surface area contributed by atoms with Gasteiger partial charge in [0.15, 0.2) is 0 Å². The summed E-state index contributed by atoms with van der Waals surface area (Å²) in [6, 6.07) is 5.39. The van der Waals surface area contributed by atoms with E-state index in [0.29, 0.717) is 34.0 Å². The second kappa shape index (κ2) is 7.09. The molecule has 7 heteroatoms. The number of hydrogen-bond donors (Lipinski definition) is 2. The molecule has 1 aliphatic heterocycles. The lowest BCUT2D eigenvalue weighted by Gasteiger charge is -2.28. The van der Waals surface area contributed by atoms with E-state index in [9.17, 15) is 4.79 Å². The second-order valence-electron chi connectivity index (χ2n) is 5.82. The minimum absolute atomic E-state index is 0.0894. The average Bonchev–Trinajstić information content (AvgIpc) is 2.63. The largest absolute Gasteiger partial charge is 0.404 e. The summed E-state index contributed by atoms with van der Waals surface area (Å²) in [5.74, 6) is -0.181. The van der Waals surface area contributed by atoms with Crippen molar-refractivity contribution in [2.24, 2.45) is 5.73 Å². The lowest BCUT2D eigenvalue weighted by molar-refractivity contribution is -0.121. The summed E-state index contributed by atoms with van der Waals surface area (Å²) in [6.07, 6.45) is 6.27. The molecule has 2 heterocycles. The fraction of sp³-hybridized carbons (Fsp3) is 0.158. The quantitative estimate of drug-likeness (QED) is 0.870. The maximum absolute atomic E-state index is 12.7. The van der Waals surface area contributed by atoms with Crippen molar-refractivity contribution in [1.29, 1.82) is 5.41 Å². The fourth-order valence-electron chi connectivity index (χ4n) is 2.81. The molecule has 0 saturated carbocycles. The Bertz CT molecular complexity index is 964. The van der Waals surface area contributed by atoms with E-state index in [0.717, 1.165) is 11.3 Å². The maximum atomic E-state index is 12.7. The third-order valence-electron chi connectivity index (χ3n) is 4.12. The molecule has 3 N–H and O–H groups in total. The van der Waals surface area contributed by atoms with Crippen LogP contribution in [0, 0.1) is 12.3 Å². The Labute approximate surface area is 156 Å². The number of aromatic nitrogens is 2. The number of carbonyl (C=O) groups is 1.